The van der Waals surface area contributed by atoms with Crippen LogP contribution in [0.4, 0.5) is 11.4 Å². The number of halogens is 1. The predicted molar refractivity (Wildman–Crippen MR) is 181 cm³/mol. The van der Waals surface area contributed by atoms with E-state index in [-0.39, 0.29) is 11.6 Å². The van der Waals surface area contributed by atoms with E-state index >= 15 is 0 Å². The number of benzene rings is 4. The number of carbonyl (C=O) groups is 3. The molecule has 1 atom stereocenters. The molecule has 3 N–H and O–H groups in total. The lowest BCUT2D eigenvalue weighted by Gasteiger charge is -2.16. The number of hydrogen-bond donors (Lipinski definition) is 3. The van der Waals surface area contributed by atoms with Crippen LogP contribution >= 0.6 is 23.4 Å². The summed E-state index contributed by atoms with van der Waals surface area (Å²) in [5, 5.41) is 8.53. The molecule has 0 aliphatic carbocycles. The van der Waals surface area contributed by atoms with Crippen LogP contribution in [-0.4, -0.2) is 36.7 Å². The summed E-state index contributed by atoms with van der Waals surface area (Å²) in [5.74, 6) is 0.128. The molecule has 1 unspecified atom stereocenters. The molecule has 0 heterocycles. The molecule has 0 aliphatic heterocycles. The van der Waals surface area contributed by atoms with Crippen molar-refractivity contribution < 1.29 is 23.9 Å². The lowest BCUT2D eigenvalue weighted by atomic mass is 10.1. The summed E-state index contributed by atoms with van der Waals surface area (Å²) in [6.45, 7) is 4.37. The van der Waals surface area contributed by atoms with Gasteiger partial charge in [0, 0.05) is 21.8 Å². The third-order valence-corrected chi connectivity index (χ3v) is 8.14. The van der Waals surface area contributed by atoms with Crippen LogP contribution in [-0.2, 0) is 9.59 Å². The minimum Gasteiger partial charge on any atom is -0.495 e. The zero-order valence-electron chi connectivity index (χ0n) is 25.1. The Morgan fingerprint density at radius 1 is 0.867 bits per heavy atom. The summed E-state index contributed by atoms with van der Waals surface area (Å²) in [6.07, 6.45) is 2.17. The van der Waals surface area contributed by atoms with E-state index in [2.05, 4.69) is 16.0 Å². The van der Waals surface area contributed by atoms with E-state index in [4.69, 9.17) is 21.1 Å². The third-order valence-electron chi connectivity index (χ3n) is 6.48. The Morgan fingerprint density at radius 2 is 1.60 bits per heavy atom. The molecule has 0 saturated carbocycles. The molecule has 0 aliphatic rings. The van der Waals surface area contributed by atoms with E-state index in [9.17, 15) is 14.4 Å². The molecule has 0 radical (unpaired) electrons. The maximum absolute atomic E-state index is 13.5. The molecule has 0 spiro atoms. The fourth-order valence-electron chi connectivity index (χ4n) is 4.24. The van der Waals surface area contributed by atoms with Gasteiger partial charge in [-0.05, 0) is 85.6 Å². The summed E-state index contributed by atoms with van der Waals surface area (Å²) < 4.78 is 10.7. The van der Waals surface area contributed by atoms with Crippen LogP contribution in [0, 0.1) is 0 Å². The molecule has 0 fully saturated rings. The number of nitrogens with one attached hydrogen (secondary N) is 3. The van der Waals surface area contributed by atoms with E-state index in [0.717, 1.165) is 4.90 Å². The molecule has 0 aromatic heterocycles. The summed E-state index contributed by atoms with van der Waals surface area (Å²) >= 11 is 7.59. The van der Waals surface area contributed by atoms with Crippen LogP contribution in [0.5, 0.6) is 11.5 Å². The Morgan fingerprint density at radius 3 is 2.27 bits per heavy atom. The van der Waals surface area contributed by atoms with Crippen molar-refractivity contribution in [1.29, 1.82) is 0 Å². The molecule has 0 saturated heterocycles. The maximum atomic E-state index is 13.5. The van der Waals surface area contributed by atoms with Gasteiger partial charge < -0.3 is 25.4 Å². The van der Waals surface area contributed by atoms with Crippen LogP contribution in [0.25, 0.3) is 6.08 Å². The SMILES string of the molecule is CCOc1ccc(/C=C(/NC(=O)c2ccccc2)C(=O)Nc2cccc(SC(CC)C(=O)Nc3ccc(OC)c(Cl)c3)c2)cc1. The number of ether oxygens (including phenoxy) is 2. The van der Waals surface area contributed by atoms with Gasteiger partial charge in [-0.2, -0.15) is 0 Å². The van der Waals surface area contributed by atoms with Gasteiger partial charge in [-0.25, -0.2) is 0 Å². The van der Waals surface area contributed by atoms with E-state index in [1.807, 2.05) is 26.0 Å². The van der Waals surface area contributed by atoms with Crippen molar-refractivity contribution in [2.45, 2.75) is 30.4 Å². The normalized spacial score (nSPS) is 11.7. The zero-order valence-corrected chi connectivity index (χ0v) is 26.7. The predicted octanol–water partition coefficient (Wildman–Crippen LogP) is 7.67. The fourth-order valence-corrected chi connectivity index (χ4v) is 5.51. The van der Waals surface area contributed by atoms with Crippen molar-refractivity contribution in [3.63, 3.8) is 0 Å². The Balaban J connectivity index is 1.49. The highest BCUT2D eigenvalue weighted by Gasteiger charge is 2.20. The zero-order chi connectivity index (χ0) is 32.2. The first-order valence-corrected chi connectivity index (χ1v) is 15.6. The molecule has 45 heavy (non-hydrogen) atoms. The van der Waals surface area contributed by atoms with E-state index in [1.54, 1.807) is 91.0 Å². The minimum absolute atomic E-state index is 0.0648. The monoisotopic (exact) mass is 643 g/mol. The highest BCUT2D eigenvalue weighted by molar-refractivity contribution is 8.00. The third kappa shape index (κ3) is 9.63. The largest absolute Gasteiger partial charge is 0.495 e. The second-order valence-corrected chi connectivity index (χ2v) is 11.4. The first-order valence-electron chi connectivity index (χ1n) is 14.3. The molecule has 10 heteroatoms. The van der Waals surface area contributed by atoms with Crippen LogP contribution < -0.4 is 25.4 Å². The van der Waals surface area contributed by atoms with E-state index in [1.165, 1.54) is 18.9 Å². The summed E-state index contributed by atoms with van der Waals surface area (Å²) in [7, 11) is 1.53. The second-order valence-electron chi connectivity index (χ2n) is 9.72. The van der Waals surface area contributed by atoms with Gasteiger partial charge in [-0.15, -0.1) is 11.8 Å². The lowest BCUT2D eigenvalue weighted by Crippen LogP contribution is -2.30. The molecule has 4 rings (SSSR count). The van der Waals surface area contributed by atoms with Crippen molar-refractivity contribution in [2.24, 2.45) is 0 Å². The Bertz CT molecular complexity index is 1660. The number of thioether (sulfide) groups is 1. The van der Waals surface area contributed by atoms with Crippen LogP contribution in [0.2, 0.25) is 5.02 Å². The number of methoxy groups -OCH3 is 1. The highest BCUT2D eigenvalue weighted by Crippen LogP contribution is 2.31. The minimum atomic E-state index is -0.503. The molecule has 232 valence electrons. The number of anilines is 2. The second kappa shape index (κ2) is 16.4. The van der Waals surface area contributed by atoms with Crippen LogP contribution in [0.15, 0.2) is 108 Å². The van der Waals surface area contributed by atoms with Crippen molar-refractivity contribution >= 4 is 58.5 Å². The van der Waals surface area contributed by atoms with Crippen LogP contribution in [0.3, 0.4) is 0 Å². The standard InChI is InChI=1S/C35H34ClN3O5S/c1-4-32(35(42)38-26-16-19-31(43-3)29(36)22-26)45-28-13-9-12-25(21-28)37-34(41)30(39-33(40)24-10-7-6-8-11-24)20-23-14-17-27(18-15-23)44-5-2/h6-22,32H,4-5H2,1-3H3,(H,37,41)(H,38,42)(H,39,40)/b30-20+. The van der Waals surface area contributed by atoms with Gasteiger partial charge in [0.2, 0.25) is 5.91 Å². The van der Waals surface area contributed by atoms with Gasteiger partial charge in [0.15, 0.2) is 0 Å². The van der Waals surface area contributed by atoms with Crippen molar-refractivity contribution in [3.05, 3.63) is 119 Å². The fraction of sp³-hybridized carbons (Fsp3) is 0.171. The molecule has 8 nitrogen and oxygen atoms in total. The summed E-state index contributed by atoms with van der Waals surface area (Å²) in [6, 6.07) is 28.1. The van der Waals surface area contributed by atoms with Crippen molar-refractivity contribution in [3.8, 4) is 11.5 Å². The van der Waals surface area contributed by atoms with E-state index < -0.39 is 17.1 Å². The molecule has 0 bridgehead atoms. The summed E-state index contributed by atoms with van der Waals surface area (Å²) in [4.78, 5) is 40.4. The van der Waals surface area contributed by atoms with E-state index in [0.29, 0.717) is 52.1 Å². The lowest BCUT2D eigenvalue weighted by molar-refractivity contribution is -0.116. The average Bonchev–Trinajstić information content (AvgIpc) is 3.05. The molecule has 4 aromatic carbocycles. The first-order chi connectivity index (χ1) is 21.8. The van der Waals surface area contributed by atoms with Gasteiger partial charge in [-0.3, -0.25) is 14.4 Å². The smallest absolute Gasteiger partial charge is 0.272 e. The Labute approximate surface area is 272 Å². The topological polar surface area (TPSA) is 106 Å². The Kier molecular flexibility index (Phi) is 12.1. The van der Waals surface area contributed by atoms with Gasteiger partial charge in [0.25, 0.3) is 11.8 Å². The molecule has 4 aromatic rings. The molecular formula is C35H34ClN3O5S. The van der Waals surface area contributed by atoms with Gasteiger partial charge >= 0.3 is 0 Å². The quantitative estimate of drug-likeness (QED) is 0.102. The molecule has 3 amide bonds. The summed E-state index contributed by atoms with van der Waals surface area (Å²) in [5.41, 5.74) is 2.26. The number of amides is 3. The van der Waals surface area contributed by atoms with Gasteiger partial charge in [0.05, 0.1) is 24.0 Å². The Hall–Kier alpha value is -4.73. The van der Waals surface area contributed by atoms with Crippen LogP contribution in [0.1, 0.15) is 36.2 Å². The first kappa shape index (κ1) is 33.2. The van der Waals surface area contributed by atoms with Crippen molar-refractivity contribution in [2.75, 3.05) is 24.4 Å². The highest BCUT2D eigenvalue weighted by atomic mass is 35.5. The van der Waals surface area contributed by atoms with Crippen molar-refractivity contribution in [1.82, 2.24) is 5.32 Å². The average molecular weight is 644 g/mol. The number of hydrogen-bond acceptors (Lipinski definition) is 6. The maximum Gasteiger partial charge on any atom is 0.272 e. The number of rotatable bonds is 13. The van der Waals surface area contributed by atoms with Gasteiger partial charge in [0.1, 0.15) is 17.2 Å². The number of carbonyl (C=O) groups excluding carboxylic acids is 3. The van der Waals surface area contributed by atoms with Gasteiger partial charge in [-0.1, -0.05) is 54.9 Å². The molecular weight excluding hydrogens is 610 g/mol.